The van der Waals surface area contributed by atoms with E-state index >= 15 is 0 Å². The zero-order chi connectivity index (χ0) is 20.1. The monoisotopic (exact) mass is 392 g/mol. The lowest BCUT2D eigenvalue weighted by Crippen LogP contribution is -2.41. The Bertz CT molecular complexity index is 1100. The third-order valence-electron chi connectivity index (χ3n) is 5.81. The Morgan fingerprint density at radius 2 is 2.07 bits per heavy atom. The Kier molecular flexibility index (Phi) is 4.20. The van der Waals surface area contributed by atoms with E-state index in [0.717, 1.165) is 42.8 Å². The molecule has 7 nitrogen and oxygen atoms in total. The van der Waals surface area contributed by atoms with E-state index in [9.17, 15) is 9.90 Å². The summed E-state index contributed by atoms with van der Waals surface area (Å²) in [7, 11) is 3.62. The molecule has 1 saturated heterocycles. The summed E-state index contributed by atoms with van der Waals surface area (Å²) in [5.74, 6) is 0.504. The minimum absolute atomic E-state index is 0.0958. The van der Waals surface area contributed by atoms with Crippen LogP contribution in [-0.2, 0) is 0 Å². The third kappa shape index (κ3) is 3.21. The van der Waals surface area contributed by atoms with Gasteiger partial charge in [0.15, 0.2) is 0 Å². The van der Waals surface area contributed by atoms with Gasteiger partial charge in [0.25, 0.3) is 5.91 Å². The quantitative estimate of drug-likeness (QED) is 0.698. The van der Waals surface area contributed by atoms with Crippen molar-refractivity contribution in [1.82, 2.24) is 19.6 Å². The van der Waals surface area contributed by atoms with Gasteiger partial charge in [0, 0.05) is 36.8 Å². The summed E-state index contributed by atoms with van der Waals surface area (Å²) in [6.07, 6.45) is 5.76. The summed E-state index contributed by atoms with van der Waals surface area (Å²) in [5, 5.41) is 13.5. The highest BCUT2D eigenvalue weighted by atomic mass is 16.5. The maximum Gasteiger partial charge on any atom is 0.259 e. The SMILES string of the molecule is COc1cc(-c2cnc3cc(C4CN(C)C4)ccn23)cc(O)c1C(=O)NC1CC1. The number of phenolic OH excluding ortho intramolecular Hbond substituents is 1. The Hall–Kier alpha value is -3.06. The van der Waals surface area contributed by atoms with E-state index < -0.39 is 0 Å². The molecule has 3 aromatic rings. The maximum atomic E-state index is 12.5. The summed E-state index contributed by atoms with van der Waals surface area (Å²) >= 11 is 0. The second kappa shape index (κ2) is 6.77. The number of aromatic hydroxyl groups is 1. The predicted molar refractivity (Wildman–Crippen MR) is 110 cm³/mol. The molecular weight excluding hydrogens is 368 g/mol. The lowest BCUT2D eigenvalue weighted by molar-refractivity contribution is 0.0945. The van der Waals surface area contributed by atoms with Crippen molar-refractivity contribution in [3.8, 4) is 22.8 Å². The number of imidazole rings is 1. The number of rotatable bonds is 5. The molecule has 2 aromatic heterocycles. The molecular formula is C22H24N4O3. The van der Waals surface area contributed by atoms with Gasteiger partial charge in [0.05, 0.1) is 19.0 Å². The molecule has 3 heterocycles. The number of likely N-dealkylation sites (tertiary alicyclic amines) is 1. The highest BCUT2D eigenvalue weighted by Crippen LogP contribution is 2.36. The number of pyridine rings is 1. The highest BCUT2D eigenvalue weighted by Gasteiger charge is 2.28. The summed E-state index contributed by atoms with van der Waals surface area (Å²) in [6, 6.07) is 7.83. The fourth-order valence-electron chi connectivity index (χ4n) is 4.00. The fourth-order valence-corrected chi connectivity index (χ4v) is 4.00. The molecule has 1 aromatic carbocycles. The summed E-state index contributed by atoms with van der Waals surface area (Å²) < 4.78 is 7.42. The second-order valence-electron chi connectivity index (χ2n) is 8.07. The van der Waals surface area contributed by atoms with Crippen LogP contribution in [0.15, 0.2) is 36.7 Å². The number of ether oxygens (including phenoxy) is 1. The van der Waals surface area contributed by atoms with Gasteiger partial charge in [0.2, 0.25) is 0 Å². The van der Waals surface area contributed by atoms with E-state index in [1.54, 1.807) is 18.3 Å². The van der Waals surface area contributed by atoms with Gasteiger partial charge >= 0.3 is 0 Å². The van der Waals surface area contributed by atoms with Crippen LogP contribution in [0.4, 0.5) is 0 Å². The molecule has 5 rings (SSSR count). The molecule has 2 N–H and O–H groups in total. The maximum absolute atomic E-state index is 12.5. The predicted octanol–water partition coefficient (Wildman–Crippen LogP) is 2.64. The number of nitrogens with one attached hydrogen (secondary N) is 1. The smallest absolute Gasteiger partial charge is 0.259 e. The zero-order valence-electron chi connectivity index (χ0n) is 16.6. The first-order valence-electron chi connectivity index (χ1n) is 9.91. The van der Waals surface area contributed by atoms with Crippen LogP contribution in [0.25, 0.3) is 16.9 Å². The first-order valence-corrected chi connectivity index (χ1v) is 9.91. The number of benzene rings is 1. The fraction of sp³-hybridized carbons (Fsp3) is 0.364. The van der Waals surface area contributed by atoms with E-state index in [4.69, 9.17) is 4.74 Å². The van der Waals surface area contributed by atoms with E-state index in [2.05, 4.69) is 34.4 Å². The van der Waals surface area contributed by atoms with E-state index in [1.165, 1.54) is 12.7 Å². The van der Waals surface area contributed by atoms with E-state index in [-0.39, 0.29) is 23.3 Å². The molecule has 0 spiro atoms. The number of methoxy groups -OCH3 is 1. The highest BCUT2D eigenvalue weighted by molar-refractivity contribution is 6.00. The second-order valence-corrected chi connectivity index (χ2v) is 8.07. The normalized spacial score (nSPS) is 17.3. The molecule has 0 unspecified atom stereocenters. The lowest BCUT2D eigenvalue weighted by atomic mass is 9.93. The summed E-state index contributed by atoms with van der Waals surface area (Å²) in [5.41, 5.74) is 3.90. The molecule has 150 valence electrons. The average Bonchev–Trinajstić information content (AvgIpc) is 3.39. The number of aromatic nitrogens is 2. The molecule has 1 saturated carbocycles. The Morgan fingerprint density at radius 1 is 1.28 bits per heavy atom. The number of carbonyl (C=O) groups excluding carboxylic acids is 1. The first kappa shape index (κ1) is 18.0. The zero-order valence-corrected chi connectivity index (χ0v) is 16.6. The van der Waals surface area contributed by atoms with Crippen LogP contribution in [0.1, 0.15) is 34.7 Å². The van der Waals surface area contributed by atoms with Crippen molar-refractivity contribution in [3.63, 3.8) is 0 Å². The molecule has 2 fully saturated rings. The van der Waals surface area contributed by atoms with Gasteiger partial charge in [-0.2, -0.15) is 0 Å². The number of nitrogens with zero attached hydrogens (tertiary/aromatic N) is 3. The first-order chi connectivity index (χ1) is 14.0. The van der Waals surface area contributed by atoms with Gasteiger partial charge in [0.1, 0.15) is 22.7 Å². The van der Waals surface area contributed by atoms with Crippen LogP contribution in [0.5, 0.6) is 11.5 Å². The number of likely N-dealkylation sites (N-methyl/N-ethyl adjacent to an activating group) is 1. The molecule has 1 aliphatic carbocycles. The number of hydrogen-bond acceptors (Lipinski definition) is 5. The molecule has 1 amide bonds. The van der Waals surface area contributed by atoms with Crippen molar-refractivity contribution in [2.75, 3.05) is 27.2 Å². The minimum atomic E-state index is -0.304. The molecule has 0 bridgehead atoms. The van der Waals surface area contributed by atoms with E-state index in [1.807, 2.05) is 10.6 Å². The topological polar surface area (TPSA) is 79.1 Å². The van der Waals surface area contributed by atoms with Crippen molar-refractivity contribution >= 4 is 11.6 Å². The molecule has 29 heavy (non-hydrogen) atoms. The van der Waals surface area contributed by atoms with Crippen LogP contribution in [0, 0.1) is 0 Å². The Balaban J connectivity index is 1.50. The number of hydrogen-bond donors (Lipinski definition) is 2. The lowest BCUT2D eigenvalue weighted by Gasteiger charge is -2.36. The average molecular weight is 392 g/mol. The molecule has 7 heteroatoms. The number of amides is 1. The molecule has 0 atom stereocenters. The van der Waals surface area contributed by atoms with Crippen molar-refractivity contribution in [2.24, 2.45) is 0 Å². The number of phenols is 1. The van der Waals surface area contributed by atoms with Crippen LogP contribution < -0.4 is 10.1 Å². The van der Waals surface area contributed by atoms with Crippen molar-refractivity contribution in [2.45, 2.75) is 24.8 Å². The van der Waals surface area contributed by atoms with Gasteiger partial charge in [-0.25, -0.2) is 4.98 Å². The summed E-state index contributed by atoms with van der Waals surface area (Å²) in [6.45, 7) is 2.14. The van der Waals surface area contributed by atoms with Crippen molar-refractivity contribution in [1.29, 1.82) is 0 Å². The van der Waals surface area contributed by atoms with Crippen molar-refractivity contribution in [3.05, 3.63) is 47.8 Å². The van der Waals surface area contributed by atoms with Gasteiger partial charge in [-0.05, 0) is 49.7 Å². The minimum Gasteiger partial charge on any atom is -0.507 e. The van der Waals surface area contributed by atoms with Crippen LogP contribution in [0.2, 0.25) is 0 Å². The number of fused-ring (bicyclic) bond motifs is 1. The molecule has 1 aliphatic heterocycles. The van der Waals surface area contributed by atoms with Gasteiger partial charge in [-0.3, -0.25) is 9.20 Å². The van der Waals surface area contributed by atoms with Gasteiger partial charge in [-0.15, -0.1) is 0 Å². The largest absolute Gasteiger partial charge is 0.507 e. The van der Waals surface area contributed by atoms with E-state index in [0.29, 0.717) is 11.7 Å². The molecule has 0 radical (unpaired) electrons. The van der Waals surface area contributed by atoms with Gasteiger partial charge < -0.3 is 20.1 Å². The van der Waals surface area contributed by atoms with Crippen molar-refractivity contribution < 1.29 is 14.6 Å². The van der Waals surface area contributed by atoms with Crippen LogP contribution >= 0.6 is 0 Å². The third-order valence-corrected chi connectivity index (χ3v) is 5.81. The van der Waals surface area contributed by atoms with Gasteiger partial charge in [-0.1, -0.05) is 0 Å². The summed E-state index contributed by atoms with van der Waals surface area (Å²) in [4.78, 5) is 19.3. The Morgan fingerprint density at radius 3 is 2.76 bits per heavy atom. The number of carbonyl (C=O) groups is 1. The standard InChI is InChI=1S/C22H24N4O3/c1-25-11-15(12-25)13-5-6-26-17(10-23-20(26)9-13)14-7-18(27)21(19(8-14)29-2)22(28)24-16-3-4-16/h5-10,15-16,27H,3-4,11-12H2,1-2H3,(H,24,28). The van der Waals surface area contributed by atoms with Crippen LogP contribution in [0.3, 0.4) is 0 Å². The Labute approximate surface area is 168 Å². The molecule has 2 aliphatic rings. The van der Waals surface area contributed by atoms with Crippen LogP contribution in [-0.4, -0.2) is 58.6 Å².